The second-order valence-electron chi connectivity index (χ2n) is 6.08. The van der Waals surface area contributed by atoms with Crippen molar-refractivity contribution in [1.82, 2.24) is 10.2 Å². The van der Waals surface area contributed by atoms with Crippen LogP contribution in [0.25, 0.3) is 0 Å². The molecule has 1 fully saturated rings. The average Bonchev–Trinajstić information content (AvgIpc) is 2.57. The predicted octanol–water partition coefficient (Wildman–Crippen LogP) is 3.49. The number of halogens is 1. The molecule has 0 spiro atoms. The molecule has 1 aliphatic heterocycles. The zero-order chi connectivity index (χ0) is 14.5. The minimum atomic E-state index is -0.128. The molecule has 20 heavy (non-hydrogen) atoms. The third-order valence-corrected chi connectivity index (χ3v) is 4.40. The van der Waals surface area contributed by atoms with Gasteiger partial charge in [0.2, 0.25) is 0 Å². The van der Waals surface area contributed by atoms with Crippen molar-refractivity contribution in [3.63, 3.8) is 0 Å². The molecule has 1 aromatic carbocycles. The zero-order valence-electron chi connectivity index (χ0n) is 13.0. The van der Waals surface area contributed by atoms with E-state index in [1.165, 1.54) is 18.4 Å². The fourth-order valence-electron chi connectivity index (χ4n) is 3.00. The van der Waals surface area contributed by atoms with Gasteiger partial charge in [0.1, 0.15) is 5.82 Å². The molecule has 1 N–H and O–H groups in total. The van der Waals surface area contributed by atoms with Crippen LogP contribution in [0.3, 0.4) is 0 Å². The van der Waals surface area contributed by atoms with Crippen LogP contribution in [-0.2, 0) is 6.54 Å². The Morgan fingerprint density at radius 2 is 2.20 bits per heavy atom. The van der Waals surface area contributed by atoms with Gasteiger partial charge in [-0.1, -0.05) is 19.4 Å². The summed E-state index contributed by atoms with van der Waals surface area (Å²) in [6.07, 6.45) is 3.58. The van der Waals surface area contributed by atoms with Crippen molar-refractivity contribution in [2.75, 3.05) is 13.1 Å². The first-order chi connectivity index (χ1) is 9.60. The van der Waals surface area contributed by atoms with Crippen LogP contribution < -0.4 is 5.32 Å². The first-order valence-electron chi connectivity index (χ1n) is 7.82. The van der Waals surface area contributed by atoms with Crippen LogP contribution in [0, 0.1) is 12.7 Å². The fraction of sp³-hybridized carbons (Fsp3) is 0.647. The molecule has 0 aliphatic carbocycles. The predicted molar refractivity (Wildman–Crippen MR) is 82.3 cm³/mol. The van der Waals surface area contributed by atoms with Gasteiger partial charge in [0.15, 0.2) is 0 Å². The van der Waals surface area contributed by atoms with Crippen LogP contribution in [0.5, 0.6) is 0 Å². The highest BCUT2D eigenvalue weighted by Crippen LogP contribution is 2.18. The quantitative estimate of drug-likeness (QED) is 0.907. The van der Waals surface area contributed by atoms with E-state index in [2.05, 4.69) is 31.0 Å². The highest BCUT2D eigenvalue weighted by Gasteiger charge is 2.22. The van der Waals surface area contributed by atoms with E-state index in [1.54, 1.807) is 12.1 Å². The van der Waals surface area contributed by atoms with E-state index in [0.29, 0.717) is 12.1 Å². The van der Waals surface area contributed by atoms with Gasteiger partial charge in [-0.15, -0.1) is 0 Å². The van der Waals surface area contributed by atoms with Gasteiger partial charge in [-0.25, -0.2) is 4.39 Å². The van der Waals surface area contributed by atoms with E-state index in [-0.39, 0.29) is 5.82 Å². The summed E-state index contributed by atoms with van der Waals surface area (Å²) in [6.45, 7) is 9.59. The van der Waals surface area contributed by atoms with Crippen LogP contribution >= 0.6 is 0 Å². The Bertz CT molecular complexity index is 433. The van der Waals surface area contributed by atoms with Crippen LogP contribution in [0.1, 0.15) is 44.2 Å². The molecule has 1 aromatic rings. The summed E-state index contributed by atoms with van der Waals surface area (Å²) < 4.78 is 13.4. The summed E-state index contributed by atoms with van der Waals surface area (Å²) >= 11 is 0. The molecule has 2 atom stereocenters. The zero-order valence-corrected chi connectivity index (χ0v) is 13.0. The highest BCUT2D eigenvalue weighted by molar-refractivity contribution is 5.26. The largest absolute Gasteiger partial charge is 0.313 e. The normalized spacial score (nSPS) is 24.6. The first-order valence-corrected chi connectivity index (χ1v) is 7.82. The van der Waals surface area contributed by atoms with Crippen molar-refractivity contribution in [3.8, 4) is 0 Å². The van der Waals surface area contributed by atoms with Crippen molar-refractivity contribution in [2.45, 2.75) is 58.7 Å². The van der Waals surface area contributed by atoms with Crippen LogP contribution in [-0.4, -0.2) is 30.1 Å². The van der Waals surface area contributed by atoms with E-state index in [0.717, 1.165) is 31.6 Å². The van der Waals surface area contributed by atoms with Gasteiger partial charge in [0, 0.05) is 25.2 Å². The number of rotatable bonds is 4. The van der Waals surface area contributed by atoms with Gasteiger partial charge in [0.25, 0.3) is 0 Å². The second kappa shape index (κ2) is 7.19. The molecular weight excluding hydrogens is 251 g/mol. The molecule has 0 aromatic heterocycles. The minimum Gasteiger partial charge on any atom is -0.313 e. The van der Waals surface area contributed by atoms with Crippen LogP contribution in [0.15, 0.2) is 18.2 Å². The third-order valence-electron chi connectivity index (χ3n) is 4.40. The minimum absolute atomic E-state index is 0.128. The standard InChI is InChI=1S/C17H27FN2/c1-4-5-17-12-20(14(3)8-9-19-17)11-15-10-16(18)7-6-13(15)2/h6-7,10,14,17,19H,4-5,8-9,11-12H2,1-3H3. The Labute approximate surface area is 122 Å². The van der Waals surface area contributed by atoms with Crippen LogP contribution in [0.2, 0.25) is 0 Å². The molecule has 0 amide bonds. The lowest BCUT2D eigenvalue weighted by Crippen LogP contribution is -2.39. The summed E-state index contributed by atoms with van der Waals surface area (Å²) in [5.74, 6) is -0.128. The molecule has 2 nitrogen and oxygen atoms in total. The lowest BCUT2D eigenvalue weighted by Gasteiger charge is -2.29. The number of hydrogen-bond acceptors (Lipinski definition) is 2. The van der Waals surface area contributed by atoms with Crippen molar-refractivity contribution in [2.24, 2.45) is 0 Å². The number of nitrogens with one attached hydrogen (secondary N) is 1. The van der Waals surface area contributed by atoms with Gasteiger partial charge in [-0.2, -0.15) is 0 Å². The third kappa shape index (κ3) is 4.03. The molecular formula is C17H27FN2. The number of nitrogens with zero attached hydrogens (tertiary/aromatic N) is 1. The van der Waals surface area contributed by atoms with Gasteiger partial charge in [-0.05, 0) is 56.5 Å². The molecule has 1 saturated heterocycles. The Balaban J connectivity index is 2.09. The molecule has 0 radical (unpaired) electrons. The summed E-state index contributed by atoms with van der Waals surface area (Å²) in [7, 11) is 0. The number of benzene rings is 1. The topological polar surface area (TPSA) is 15.3 Å². The monoisotopic (exact) mass is 278 g/mol. The SMILES string of the molecule is CCCC1CN(Cc2cc(F)ccc2C)C(C)CCN1. The Morgan fingerprint density at radius 1 is 1.40 bits per heavy atom. The van der Waals surface area contributed by atoms with E-state index in [9.17, 15) is 4.39 Å². The van der Waals surface area contributed by atoms with Gasteiger partial charge in [-0.3, -0.25) is 4.90 Å². The van der Waals surface area contributed by atoms with Gasteiger partial charge in [0.05, 0.1) is 0 Å². The maximum absolute atomic E-state index is 13.4. The van der Waals surface area contributed by atoms with Crippen LogP contribution in [0.4, 0.5) is 4.39 Å². The van der Waals surface area contributed by atoms with E-state index >= 15 is 0 Å². The molecule has 112 valence electrons. The summed E-state index contributed by atoms with van der Waals surface area (Å²) in [4.78, 5) is 2.50. The number of hydrogen-bond donors (Lipinski definition) is 1. The molecule has 1 heterocycles. The highest BCUT2D eigenvalue weighted by atomic mass is 19.1. The van der Waals surface area contributed by atoms with Gasteiger partial charge < -0.3 is 5.32 Å². The van der Waals surface area contributed by atoms with E-state index in [4.69, 9.17) is 0 Å². The summed E-state index contributed by atoms with van der Waals surface area (Å²) in [5.41, 5.74) is 2.30. The Morgan fingerprint density at radius 3 is 2.95 bits per heavy atom. The summed E-state index contributed by atoms with van der Waals surface area (Å²) in [6, 6.07) is 6.24. The average molecular weight is 278 g/mol. The molecule has 2 rings (SSSR count). The van der Waals surface area contributed by atoms with Crippen molar-refractivity contribution in [3.05, 3.63) is 35.1 Å². The van der Waals surface area contributed by atoms with Crippen molar-refractivity contribution in [1.29, 1.82) is 0 Å². The second-order valence-corrected chi connectivity index (χ2v) is 6.08. The fourth-order valence-corrected chi connectivity index (χ4v) is 3.00. The van der Waals surface area contributed by atoms with E-state index in [1.807, 2.05) is 6.07 Å². The maximum atomic E-state index is 13.4. The molecule has 1 aliphatic rings. The molecule has 2 unspecified atom stereocenters. The smallest absolute Gasteiger partial charge is 0.123 e. The first kappa shape index (κ1) is 15.5. The van der Waals surface area contributed by atoms with Crippen molar-refractivity contribution < 1.29 is 4.39 Å². The molecule has 0 saturated carbocycles. The lowest BCUT2D eigenvalue weighted by atomic mass is 10.1. The molecule has 0 bridgehead atoms. The number of aryl methyl sites for hydroxylation is 1. The lowest BCUT2D eigenvalue weighted by molar-refractivity contribution is 0.192. The Kier molecular flexibility index (Phi) is 5.55. The van der Waals surface area contributed by atoms with E-state index < -0.39 is 0 Å². The Hall–Kier alpha value is -0.930. The summed E-state index contributed by atoms with van der Waals surface area (Å²) in [5, 5.41) is 3.64. The van der Waals surface area contributed by atoms with Crippen molar-refractivity contribution >= 4 is 0 Å². The maximum Gasteiger partial charge on any atom is 0.123 e. The van der Waals surface area contributed by atoms with Gasteiger partial charge >= 0.3 is 0 Å². The molecule has 3 heteroatoms.